The van der Waals surface area contributed by atoms with Crippen LogP contribution in [0.1, 0.15) is 6.92 Å². The van der Waals surface area contributed by atoms with Gasteiger partial charge >= 0.3 is 5.97 Å². The van der Waals surface area contributed by atoms with Crippen LogP contribution in [0, 0.1) is 0 Å². The van der Waals surface area contributed by atoms with Gasteiger partial charge in [-0.05, 0) is 25.1 Å². The quantitative estimate of drug-likeness (QED) is 0.904. The monoisotopic (exact) mass is 324 g/mol. The Morgan fingerprint density at radius 1 is 1.47 bits per heavy atom. The molecule has 0 saturated carbocycles. The molecule has 5 nitrogen and oxygen atoms in total. The Morgan fingerprint density at radius 3 is 2.84 bits per heavy atom. The van der Waals surface area contributed by atoms with Gasteiger partial charge in [-0.15, -0.1) is 0 Å². The highest BCUT2D eigenvalue weighted by molar-refractivity contribution is 9.10. The second-order valence-corrected chi connectivity index (χ2v) is 4.89. The molecule has 2 N–H and O–H groups in total. The van der Waals surface area contributed by atoms with E-state index in [1.807, 2.05) is 18.2 Å². The van der Waals surface area contributed by atoms with Crippen molar-refractivity contribution in [3.63, 3.8) is 0 Å². The fourth-order valence-electron chi connectivity index (χ4n) is 1.79. The number of fused-ring (bicyclic) bond motifs is 1. The van der Waals surface area contributed by atoms with Crippen LogP contribution in [0.3, 0.4) is 0 Å². The Labute approximate surface area is 118 Å². The van der Waals surface area contributed by atoms with Crippen molar-refractivity contribution in [2.75, 3.05) is 12.4 Å². The molecule has 0 spiro atoms. The number of methoxy groups -OCH3 is 1. The number of benzene rings is 1. The molecule has 2 rings (SSSR count). The number of pyridine rings is 1. The predicted molar refractivity (Wildman–Crippen MR) is 76.7 cm³/mol. The number of rotatable bonds is 4. The zero-order valence-corrected chi connectivity index (χ0v) is 12.1. The van der Waals surface area contributed by atoms with Crippen molar-refractivity contribution >= 4 is 38.5 Å². The minimum Gasteiger partial charge on any atom is -0.496 e. The molecule has 19 heavy (non-hydrogen) atoms. The topological polar surface area (TPSA) is 71.5 Å². The first-order valence-electron chi connectivity index (χ1n) is 5.65. The van der Waals surface area contributed by atoms with Gasteiger partial charge in [0.15, 0.2) is 0 Å². The lowest BCUT2D eigenvalue weighted by atomic mass is 10.1. The highest BCUT2D eigenvalue weighted by Crippen LogP contribution is 2.35. The predicted octanol–water partition coefficient (Wildman–Crippen LogP) is 2.89. The molecule has 1 heterocycles. The van der Waals surface area contributed by atoms with E-state index in [0.29, 0.717) is 11.6 Å². The number of carboxylic acids is 1. The molecule has 100 valence electrons. The number of aliphatic carboxylic acids is 1. The molecule has 1 aromatic heterocycles. The smallest absolute Gasteiger partial charge is 0.325 e. The summed E-state index contributed by atoms with van der Waals surface area (Å²) in [6, 6.07) is 4.79. The van der Waals surface area contributed by atoms with E-state index in [9.17, 15) is 4.79 Å². The average Bonchev–Trinajstić information content (AvgIpc) is 2.39. The van der Waals surface area contributed by atoms with Crippen LogP contribution in [0.4, 0.5) is 5.82 Å². The molecular formula is C13H13BrN2O3. The van der Waals surface area contributed by atoms with E-state index in [-0.39, 0.29) is 0 Å². The lowest BCUT2D eigenvalue weighted by Gasteiger charge is -2.14. The number of carboxylic acid groups (broad SMARTS) is 1. The van der Waals surface area contributed by atoms with Gasteiger partial charge in [0, 0.05) is 21.4 Å². The largest absolute Gasteiger partial charge is 0.496 e. The Balaban J connectivity index is 2.59. The van der Waals surface area contributed by atoms with Crippen LogP contribution < -0.4 is 10.1 Å². The molecule has 1 unspecified atom stereocenters. The van der Waals surface area contributed by atoms with Crippen LogP contribution in [-0.4, -0.2) is 29.2 Å². The van der Waals surface area contributed by atoms with Gasteiger partial charge in [-0.2, -0.15) is 0 Å². The summed E-state index contributed by atoms with van der Waals surface area (Å²) in [5, 5.41) is 13.5. The second-order valence-electron chi connectivity index (χ2n) is 4.04. The lowest BCUT2D eigenvalue weighted by Crippen LogP contribution is -2.26. The molecule has 0 radical (unpaired) electrons. The van der Waals surface area contributed by atoms with Crippen LogP contribution in [0.15, 0.2) is 28.9 Å². The maximum atomic E-state index is 10.9. The van der Waals surface area contributed by atoms with Crippen molar-refractivity contribution in [2.24, 2.45) is 0 Å². The van der Waals surface area contributed by atoms with Gasteiger partial charge in [-0.1, -0.05) is 15.9 Å². The van der Waals surface area contributed by atoms with Gasteiger partial charge in [-0.25, -0.2) is 4.98 Å². The zero-order valence-electron chi connectivity index (χ0n) is 10.5. The lowest BCUT2D eigenvalue weighted by molar-refractivity contribution is -0.137. The Morgan fingerprint density at radius 2 is 2.21 bits per heavy atom. The first kappa shape index (κ1) is 13.6. The summed E-state index contributed by atoms with van der Waals surface area (Å²) in [6.07, 6.45) is 1.62. The van der Waals surface area contributed by atoms with Crippen molar-refractivity contribution in [2.45, 2.75) is 13.0 Å². The standard InChI is InChI=1S/C13H13BrN2O3/c1-7(13(17)18)16-12-11-8(5-6-15-12)10(19-2)4-3-9(11)14/h3-7H,1-2H3,(H,15,16)(H,17,18). The number of ether oxygens (including phenoxy) is 1. The summed E-state index contributed by atoms with van der Waals surface area (Å²) in [4.78, 5) is 15.1. The fraction of sp³-hybridized carbons (Fsp3) is 0.231. The van der Waals surface area contributed by atoms with Crippen molar-refractivity contribution in [3.05, 3.63) is 28.9 Å². The minimum absolute atomic E-state index is 0.512. The van der Waals surface area contributed by atoms with E-state index in [2.05, 4.69) is 26.2 Å². The molecular weight excluding hydrogens is 312 g/mol. The molecule has 0 aliphatic heterocycles. The van der Waals surface area contributed by atoms with Crippen molar-refractivity contribution in [3.8, 4) is 5.75 Å². The maximum absolute atomic E-state index is 10.9. The summed E-state index contributed by atoms with van der Waals surface area (Å²) >= 11 is 3.46. The van der Waals surface area contributed by atoms with E-state index in [4.69, 9.17) is 9.84 Å². The van der Waals surface area contributed by atoms with Crippen molar-refractivity contribution in [1.82, 2.24) is 4.98 Å². The normalized spacial score (nSPS) is 12.2. The summed E-state index contributed by atoms with van der Waals surface area (Å²) in [5.74, 6) is 0.294. The Kier molecular flexibility index (Phi) is 3.90. The Bertz CT molecular complexity index is 631. The van der Waals surface area contributed by atoms with Crippen molar-refractivity contribution < 1.29 is 14.6 Å². The van der Waals surface area contributed by atoms with Gasteiger partial charge in [0.05, 0.1) is 7.11 Å². The average molecular weight is 325 g/mol. The van der Waals surface area contributed by atoms with Crippen molar-refractivity contribution in [1.29, 1.82) is 0 Å². The number of nitrogens with one attached hydrogen (secondary N) is 1. The van der Waals surface area contributed by atoms with Crippen LogP contribution in [0.2, 0.25) is 0 Å². The second kappa shape index (κ2) is 5.44. The van der Waals surface area contributed by atoms with Crippen LogP contribution >= 0.6 is 15.9 Å². The third-order valence-corrected chi connectivity index (χ3v) is 3.44. The summed E-state index contributed by atoms with van der Waals surface area (Å²) < 4.78 is 6.13. The highest BCUT2D eigenvalue weighted by atomic mass is 79.9. The van der Waals surface area contributed by atoms with E-state index < -0.39 is 12.0 Å². The maximum Gasteiger partial charge on any atom is 0.325 e. The van der Waals surface area contributed by atoms with Gasteiger partial charge in [0.25, 0.3) is 0 Å². The first-order chi connectivity index (χ1) is 9.04. The number of hydrogen-bond acceptors (Lipinski definition) is 4. The van der Waals surface area contributed by atoms with Crippen LogP contribution in [0.5, 0.6) is 5.75 Å². The molecule has 0 amide bonds. The highest BCUT2D eigenvalue weighted by Gasteiger charge is 2.15. The molecule has 1 aromatic carbocycles. The number of carbonyl (C=O) groups is 1. The SMILES string of the molecule is COc1ccc(Br)c2c(NC(C)C(=O)O)nccc12. The third-order valence-electron chi connectivity index (χ3n) is 2.78. The number of anilines is 1. The van der Waals surface area contributed by atoms with Crippen LogP contribution in [0.25, 0.3) is 10.8 Å². The van der Waals surface area contributed by atoms with E-state index in [0.717, 1.165) is 15.2 Å². The summed E-state index contributed by atoms with van der Waals surface area (Å²) in [5.41, 5.74) is 0. The molecule has 0 fully saturated rings. The van der Waals surface area contributed by atoms with E-state index >= 15 is 0 Å². The van der Waals surface area contributed by atoms with Gasteiger partial charge < -0.3 is 15.2 Å². The first-order valence-corrected chi connectivity index (χ1v) is 6.44. The molecule has 2 aromatic rings. The van der Waals surface area contributed by atoms with E-state index in [1.54, 1.807) is 20.2 Å². The molecule has 0 aliphatic carbocycles. The number of aromatic nitrogens is 1. The number of halogens is 1. The number of nitrogens with zero attached hydrogens (tertiary/aromatic N) is 1. The number of hydrogen-bond donors (Lipinski definition) is 2. The summed E-state index contributed by atoms with van der Waals surface area (Å²) in [6.45, 7) is 1.57. The molecule has 0 saturated heterocycles. The summed E-state index contributed by atoms with van der Waals surface area (Å²) in [7, 11) is 1.59. The van der Waals surface area contributed by atoms with Gasteiger partial charge in [-0.3, -0.25) is 4.79 Å². The van der Waals surface area contributed by atoms with Crippen LogP contribution in [-0.2, 0) is 4.79 Å². The third kappa shape index (κ3) is 2.63. The van der Waals surface area contributed by atoms with E-state index in [1.165, 1.54) is 0 Å². The minimum atomic E-state index is -0.933. The zero-order chi connectivity index (χ0) is 14.0. The molecule has 6 heteroatoms. The fourth-order valence-corrected chi connectivity index (χ4v) is 2.32. The Hall–Kier alpha value is -1.82. The molecule has 0 aliphatic rings. The molecule has 0 bridgehead atoms. The molecule has 1 atom stereocenters. The van der Waals surface area contributed by atoms with Gasteiger partial charge in [0.2, 0.25) is 0 Å². The van der Waals surface area contributed by atoms with Gasteiger partial charge in [0.1, 0.15) is 17.6 Å².